The first kappa shape index (κ1) is 27.2. The van der Waals surface area contributed by atoms with Crippen molar-refractivity contribution in [2.45, 2.75) is 6.61 Å². The molecule has 4 rings (SSSR count). The highest BCUT2D eigenvalue weighted by molar-refractivity contribution is 7.80. The van der Waals surface area contributed by atoms with E-state index in [0.29, 0.717) is 35.8 Å². The van der Waals surface area contributed by atoms with Crippen LogP contribution in [0.15, 0.2) is 109 Å². The number of hydrogen-bond acceptors (Lipinski definition) is 6. The fraction of sp³-hybridized carbons (Fsp3) is 0.100. The summed E-state index contributed by atoms with van der Waals surface area (Å²) in [7, 11) is 0. The van der Waals surface area contributed by atoms with E-state index in [4.69, 9.17) is 26.4 Å². The second-order valence-corrected chi connectivity index (χ2v) is 8.58. The van der Waals surface area contributed by atoms with Crippen LogP contribution in [0.1, 0.15) is 26.3 Å². The van der Waals surface area contributed by atoms with Gasteiger partial charge in [-0.05, 0) is 66.3 Å². The molecule has 8 nitrogen and oxygen atoms in total. The summed E-state index contributed by atoms with van der Waals surface area (Å²) in [5, 5.41) is 2.47. The lowest BCUT2D eigenvalue weighted by atomic mass is 10.2. The van der Waals surface area contributed by atoms with E-state index in [0.717, 1.165) is 11.3 Å². The van der Waals surface area contributed by atoms with Gasteiger partial charge in [-0.15, -0.1) is 0 Å². The minimum atomic E-state index is -0.485. The Balaban J connectivity index is 1.21. The Morgan fingerprint density at radius 2 is 1.23 bits per heavy atom. The molecular formula is C30H27N3O5S. The van der Waals surface area contributed by atoms with Gasteiger partial charge >= 0.3 is 0 Å². The second kappa shape index (κ2) is 14.2. The molecule has 0 bridgehead atoms. The molecule has 3 N–H and O–H groups in total. The molecule has 0 aromatic heterocycles. The lowest BCUT2D eigenvalue weighted by Crippen LogP contribution is -2.48. The lowest BCUT2D eigenvalue weighted by Gasteiger charge is -2.14. The Morgan fingerprint density at radius 3 is 1.97 bits per heavy atom. The maximum Gasteiger partial charge on any atom is 0.269 e. The third-order valence-electron chi connectivity index (χ3n) is 5.37. The first-order chi connectivity index (χ1) is 19.1. The average Bonchev–Trinajstić information content (AvgIpc) is 2.98. The molecule has 9 heteroatoms. The molecule has 0 aliphatic rings. The predicted molar refractivity (Wildman–Crippen MR) is 152 cm³/mol. The molecule has 0 aliphatic carbocycles. The molecular weight excluding hydrogens is 514 g/mol. The third kappa shape index (κ3) is 8.58. The highest BCUT2D eigenvalue weighted by Gasteiger charge is 2.14. The molecule has 0 spiro atoms. The summed E-state index contributed by atoms with van der Waals surface area (Å²) < 4.78 is 17.1. The summed E-state index contributed by atoms with van der Waals surface area (Å²) in [6.45, 7) is 0.984. The average molecular weight is 542 g/mol. The lowest BCUT2D eigenvalue weighted by molar-refractivity contribution is 0.0933. The van der Waals surface area contributed by atoms with E-state index in [1.165, 1.54) is 0 Å². The van der Waals surface area contributed by atoms with Gasteiger partial charge in [0.1, 0.15) is 37.1 Å². The number of rotatable bonds is 10. The van der Waals surface area contributed by atoms with Gasteiger partial charge in [0.25, 0.3) is 11.8 Å². The van der Waals surface area contributed by atoms with Crippen molar-refractivity contribution >= 4 is 29.1 Å². The quantitative estimate of drug-likeness (QED) is 0.152. The SMILES string of the molecule is O=C(NNC(=S)NC(=O)c1ccccc1OCCOc1ccccc1)c1ccc(OCc2ccccc2)cc1. The van der Waals surface area contributed by atoms with E-state index in [1.807, 2.05) is 60.7 Å². The Morgan fingerprint density at radius 1 is 0.615 bits per heavy atom. The van der Waals surface area contributed by atoms with Crippen molar-refractivity contribution in [2.75, 3.05) is 13.2 Å². The van der Waals surface area contributed by atoms with Crippen LogP contribution >= 0.6 is 12.2 Å². The molecule has 0 atom stereocenters. The van der Waals surface area contributed by atoms with Crippen LogP contribution in [0.3, 0.4) is 0 Å². The first-order valence-electron chi connectivity index (χ1n) is 12.2. The van der Waals surface area contributed by atoms with Crippen LogP contribution in [0.5, 0.6) is 17.2 Å². The van der Waals surface area contributed by atoms with Crippen molar-refractivity contribution < 1.29 is 23.8 Å². The molecule has 39 heavy (non-hydrogen) atoms. The van der Waals surface area contributed by atoms with Gasteiger partial charge in [0.05, 0.1) is 5.56 Å². The number of thiocarbonyl (C=S) groups is 1. The molecule has 0 saturated carbocycles. The van der Waals surface area contributed by atoms with Crippen molar-refractivity contribution in [1.29, 1.82) is 0 Å². The van der Waals surface area contributed by atoms with Crippen molar-refractivity contribution in [3.8, 4) is 17.2 Å². The minimum absolute atomic E-state index is 0.0709. The normalized spacial score (nSPS) is 10.2. The smallest absolute Gasteiger partial charge is 0.269 e. The van der Waals surface area contributed by atoms with Gasteiger partial charge in [-0.2, -0.15) is 0 Å². The number of hydrazine groups is 1. The zero-order chi connectivity index (χ0) is 27.3. The van der Waals surface area contributed by atoms with Crippen LogP contribution in [-0.4, -0.2) is 30.1 Å². The maximum atomic E-state index is 12.8. The summed E-state index contributed by atoms with van der Waals surface area (Å²) >= 11 is 5.17. The molecule has 4 aromatic carbocycles. The zero-order valence-electron chi connectivity index (χ0n) is 21.0. The minimum Gasteiger partial charge on any atom is -0.490 e. The summed E-state index contributed by atoms with van der Waals surface area (Å²) in [4.78, 5) is 25.3. The fourth-order valence-electron chi connectivity index (χ4n) is 3.44. The highest BCUT2D eigenvalue weighted by atomic mass is 32.1. The van der Waals surface area contributed by atoms with Crippen molar-refractivity contribution in [3.63, 3.8) is 0 Å². The zero-order valence-corrected chi connectivity index (χ0v) is 21.8. The van der Waals surface area contributed by atoms with Gasteiger partial charge in [-0.1, -0.05) is 60.7 Å². The highest BCUT2D eigenvalue weighted by Crippen LogP contribution is 2.18. The van der Waals surface area contributed by atoms with Crippen LogP contribution in [0.25, 0.3) is 0 Å². The number of carbonyl (C=O) groups excluding carboxylic acids is 2. The summed E-state index contributed by atoms with van der Waals surface area (Å²) in [5.41, 5.74) is 6.74. The van der Waals surface area contributed by atoms with Gasteiger partial charge in [0, 0.05) is 5.56 Å². The van der Waals surface area contributed by atoms with E-state index >= 15 is 0 Å². The molecule has 0 fully saturated rings. The Kier molecular flexibility index (Phi) is 9.85. The van der Waals surface area contributed by atoms with Crippen LogP contribution in [0.2, 0.25) is 0 Å². The van der Waals surface area contributed by atoms with Crippen molar-refractivity contribution in [3.05, 3.63) is 126 Å². The Labute approximate surface area is 231 Å². The molecule has 4 aromatic rings. The largest absolute Gasteiger partial charge is 0.490 e. The molecule has 2 amide bonds. The number of carbonyl (C=O) groups is 2. The molecule has 0 radical (unpaired) electrons. The van der Waals surface area contributed by atoms with E-state index < -0.39 is 11.8 Å². The van der Waals surface area contributed by atoms with Crippen LogP contribution in [0, 0.1) is 0 Å². The van der Waals surface area contributed by atoms with E-state index in [1.54, 1.807) is 48.5 Å². The van der Waals surface area contributed by atoms with Crippen molar-refractivity contribution in [2.24, 2.45) is 0 Å². The Bertz CT molecular complexity index is 1380. The second-order valence-electron chi connectivity index (χ2n) is 8.17. The number of para-hydroxylation sites is 2. The fourth-order valence-corrected chi connectivity index (χ4v) is 3.58. The van der Waals surface area contributed by atoms with Crippen LogP contribution in [0.4, 0.5) is 0 Å². The standard InChI is InChI=1S/C30H27N3O5S/c34-28(23-15-17-25(18-16-23)38-21-22-9-3-1-4-10-22)32-33-30(39)31-29(35)26-13-7-8-14-27(26)37-20-19-36-24-11-5-2-6-12-24/h1-18H,19-21H2,(H,32,34)(H2,31,33,35,39). The van der Waals surface area contributed by atoms with Crippen LogP contribution < -0.4 is 30.4 Å². The maximum absolute atomic E-state index is 12.8. The number of benzene rings is 4. The monoisotopic (exact) mass is 541 g/mol. The summed E-state index contributed by atoms with van der Waals surface area (Å²) in [6.07, 6.45) is 0. The topological polar surface area (TPSA) is 97.9 Å². The summed E-state index contributed by atoms with van der Waals surface area (Å²) in [5.74, 6) is 0.842. The van der Waals surface area contributed by atoms with Crippen molar-refractivity contribution in [1.82, 2.24) is 16.2 Å². The van der Waals surface area contributed by atoms with E-state index in [-0.39, 0.29) is 11.7 Å². The number of nitrogens with one attached hydrogen (secondary N) is 3. The van der Waals surface area contributed by atoms with Gasteiger partial charge < -0.3 is 14.2 Å². The van der Waals surface area contributed by atoms with Crippen LogP contribution in [-0.2, 0) is 6.61 Å². The molecule has 0 heterocycles. The first-order valence-corrected chi connectivity index (χ1v) is 12.6. The van der Waals surface area contributed by atoms with Gasteiger partial charge in [-0.3, -0.25) is 25.8 Å². The third-order valence-corrected chi connectivity index (χ3v) is 5.57. The molecule has 0 aliphatic heterocycles. The van der Waals surface area contributed by atoms with E-state index in [9.17, 15) is 9.59 Å². The van der Waals surface area contributed by atoms with E-state index in [2.05, 4.69) is 16.2 Å². The molecule has 198 valence electrons. The molecule has 0 saturated heterocycles. The number of amides is 2. The number of hydrogen-bond donors (Lipinski definition) is 3. The van der Waals surface area contributed by atoms with Gasteiger partial charge in [-0.25, -0.2) is 0 Å². The summed E-state index contributed by atoms with van der Waals surface area (Å²) in [6, 6.07) is 32.6. The Hall–Kier alpha value is -4.89. The predicted octanol–water partition coefficient (Wildman–Crippen LogP) is 4.67. The number of ether oxygens (including phenoxy) is 3. The van der Waals surface area contributed by atoms with Gasteiger partial charge in [0.2, 0.25) is 0 Å². The molecule has 0 unspecified atom stereocenters. The van der Waals surface area contributed by atoms with Gasteiger partial charge in [0.15, 0.2) is 5.11 Å².